The van der Waals surface area contributed by atoms with Gasteiger partial charge in [0.25, 0.3) is 0 Å². The van der Waals surface area contributed by atoms with Crippen LogP contribution in [0.15, 0.2) is 12.2 Å². The smallest absolute Gasteiger partial charge is 0.330 e. The highest BCUT2D eigenvalue weighted by Crippen LogP contribution is 2.18. The Balaban J connectivity index is 4.46. The molecule has 1 atom stereocenters. The van der Waals surface area contributed by atoms with Crippen LogP contribution >= 0.6 is 0 Å². The minimum atomic E-state index is -1.90. The van der Waals surface area contributed by atoms with Crippen LogP contribution in [0.5, 0.6) is 0 Å². The van der Waals surface area contributed by atoms with Gasteiger partial charge in [0, 0.05) is 13.2 Å². The summed E-state index contributed by atoms with van der Waals surface area (Å²) in [7, 11) is -0.204. The van der Waals surface area contributed by atoms with E-state index in [9.17, 15) is 4.79 Å². The maximum Gasteiger partial charge on any atom is 0.330 e. The van der Waals surface area contributed by atoms with Gasteiger partial charge in [0.1, 0.15) is 5.73 Å². The third-order valence-electron chi connectivity index (χ3n) is 2.41. The number of rotatable bonds is 6. The lowest BCUT2D eigenvalue weighted by molar-refractivity contribution is -0.140. The highest BCUT2D eigenvalue weighted by Gasteiger charge is 2.34. The van der Waals surface area contributed by atoms with E-state index >= 15 is 0 Å². The highest BCUT2D eigenvalue weighted by molar-refractivity contribution is 6.72. The van der Waals surface area contributed by atoms with Crippen molar-refractivity contribution in [3.8, 4) is 0 Å². The fourth-order valence-corrected chi connectivity index (χ4v) is 2.90. The van der Waals surface area contributed by atoms with Crippen LogP contribution in [-0.2, 0) is 14.0 Å². The van der Waals surface area contributed by atoms with Gasteiger partial charge in [0.15, 0.2) is 0 Å². The second kappa shape index (κ2) is 6.79. The molecule has 0 bridgehead atoms. The van der Waals surface area contributed by atoms with Crippen molar-refractivity contribution in [3.63, 3.8) is 0 Å². The van der Waals surface area contributed by atoms with Crippen molar-refractivity contribution >= 4 is 14.3 Å². The van der Waals surface area contributed by atoms with Gasteiger partial charge in [-0.2, -0.15) is 0 Å². The van der Waals surface area contributed by atoms with Crippen LogP contribution in [0, 0.1) is 0 Å². The first-order valence-electron chi connectivity index (χ1n) is 5.36. The molecular weight excluding hydrogens is 208 g/mol. The number of ether oxygens (including phenoxy) is 1. The molecule has 0 spiro atoms. The molecule has 0 fully saturated rings. The Labute approximate surface area is 93.6 Å². The van der Waals surface area contributed by atoms with Gasteiger partial charge in [-0.05, 0) is 26.4 Å². The Kier molecular flexibility index (Phi) is 6.52. The topological polar surface area (TPSA) is 35.5 Å². The summed E-state index contributed by atoms with van der Waals surface area (Å²) in [6, 6.07) is 0. The summed E-state index contributed by atoms with van der Waals surface area (Å²) < 4.78 is 10.9. The second-order valence-electron chi connectivity index (χ2n) is 4.02. The van der Waals surface area contributed by atoms with Crippen LogP contribution in [-0.4, -0.2) is 27.1 Å². The standard InChI is InChI=1S/C11H22O3Si/c1-6-8-10(12)14-11(9-7-2)15(4,5)13-3/h6,8,11H,7,9H2,1-5H3. The minimum Gasteiger partial charge on any atom is -0.460 e. The maximum absolute atomic E-state index is 11.3. The summed E-state index contributed by atoms with van der Waals surface area (Å²) in [6.45, 7) is 8.01. The molecule has 0 heterocycles. The van der Waals surface area contributed by atoms with Gasteiger partial charge in [0.05, 0.1) is 0 Å². The van der Waals surface area contributed by atoms with E-state index in [4.69, 9.17) is 9.16 Å². The average Bonchev–Trinajstić information content (AvgIpc) is 2.17. The zero-order valence-electron chi connectivity index (χ0n) is 10.4. The SMILES string of the molecule is CC=CC(=O)OC(CCC)[Si](C)(C)OC. The lowest BCUT2D eigenvalue weighted by Gasteiger charge is -2.29. The lowest BCUT2D eigenvalue weighted by atomic mass is 10.3. The molecule has 0 aliphatic carbocycles. The predicted molar refractivity (Wildman–Crippen MR) is 64.1 cm³/mol. The first-order chi connectivity index (χ1) is 6.97. The minimum absolute atomic E-state index is 0.0591. The largest absolute Gasteiger partial charge is 0.460 e. The van der Waals surface area contributed by atoms with Crippen molar-refractivity contribution in [1.82, 2.24) is 0 Å². The number of hydrogen-bond donors (Lipinski definition) is 0. The molecule has 0 aliphatic heterocycles. The third-order valence-corrected chi connectivity index (χ3v) is 5.42. The Morgan fingerprint density at radius 3 is 2.47 bits per heavy atom. The van der Waals surface area contributed by atoms with Gasteiger partial charge in [-0.15, -0.1) is 0 Å². The molecule has 0 aromatic carbocycles. The summed E-state index contributed by atoms with van der Waals surface area (Å²) in [6.07, 6.45) is 5.00. The Morgan fingerprint density at radius 1 is 1.47 bits per heavy atom. The molecule has 0 aromatic heterocycles. The number of carbonyl (C=O) groups excluding carboxylic acids is 1. The van der Waals surface area contributed by atoms with Crippen molar-refractivity contribution in [3.05, 3.63) is 12.2 Å². The monoisotopic (exact) mass is 230 g/mol. The molecular formula is C11H22O3Si. The molecule has 0 saturated carbocycles. The summed E-state index contributed by atoms with van der Waals surface area (Å²) in [5.74, 6) is -0.270. The molecule has 1 unspecified atom stereocenters. The van der Waals surface area contributed by atoms with E-state index in [-0.39, 0.29) is 11.7 Å². The van der Waals surface area contributed by atoms with E-state index in [1.54, 1.807) is 20.1 Å². The fraction of sp³-hybridized carbons (Fsp3) is 0.727. The Morgan fingerprint density at radius 2 is 2.07 bits per heavy atom. The van der Waals surface area contributed by atoms with Crippen LogP contribution in [0.2, 0.25) is 13.1 Å². The van der Waals surface area contributed by atoms with Gasteiger partial charge in [-0.3, -0.25) is 0 Å². The van der Waals surface area contributed by atoms with Gasteiger partial charge in [-0.1, -0.05) is 19.4 Å². The predicted octanol–water partition coefficient (Wildman–Crippen LogP) is 2.67. The number of hydrogen-bond acceptors (Lipinski definition) is 3. The molecule has 15 heavy (non-hydrogen) atoms. The average molecular weight is 230 g/mol. The third kappa shape index (κ3) is 5.13. The van der Waals surface area contributed by atoms with Gasteiger partial charge in [0.2, 0.25) is 8.32 Å². The molecule has 3 nitrogen and oxygen atoms in total. The zero-order valence-corrected chi connectivity index (χ0v) is 11.4. The van der Waals surface area contributed by atoms with Crippen molar-refractivity contribution in [2.75, 3.05) is 7.11 Å². The summed E-state index contributed by atoms with van der Waals surface area (Å²) in [4.78, 5) is 11.3. The Hall–Kier alpha value is -0.613. The Bertz CT molecular complexity index is 224. The lowest BCUT2D eigenvalue weighted by Crippen LogP contribution is -2.46. The number of allylic oxidation sites excluding steroid dienone is 1. The van der Waals surface area contributed by atoms with E-state index < -0.39 is 8.32 Å². The fourth-order valence-electron chi connectivity index (χ4n) is 1.26. The van der Waals surface area contributed by atoms with Crippen LogP contribution in [0.4, 0.5) is 0 Å². The van der Waals surface area contributed by atoms with Crippen LogP contribution in [0.3, 0.4) is 0 Å². The molecule has 0 amide bonds. The number of carbonyl (C=O) groups is 1. The van der Waals surface area contributed by atoms with E-state index in [0.717, 1.165) is 12.8 Å². The summed E-state index contributed by atoms with van der Waals surface area (Å²) in [5, 5.41) is 0. The number of esters is 1. The van der Waals surface area contributed by atoms with Gasteiger partial charge < -0.3 is 9.16 Å². The normalized spacial score (nSPS) is 14.2. The van der Waals surface area contributed by atoms with Crippen molar-refractivity contribution in [1.29, 1.82) is 0 Å². The summed E-state index contributed by atoms with van der Waals surface area (Å²) in [5.41, 5.74) is -0.0591. The van der Waals surface area contributed by atoms with Crippen LogP contribution in [0.1, 0.15) is 26.7 Å². The van der Waals surface area contributed by atoms with E-state index in [2.05, 4.69) is 20.0 Å². The van der Waals surface area contributed by atoms with Gasteiger partial charge in [-0.25, -0.2) is 4.79 Å². The molecule has 0 rings (SSSR count). The zero-order chi connectivity index (χ0) is 11.9. The quantitative estimate of drug-likeness (QED) is 0.400. The van der Waals surface area contributed by atoms with Crippen LogP contribution in [0.25, 0.3) is 0 Å². The molecule has 0 aliphatic rings. The maximum atomic E-state index is 11.3. The summed E-state index contributed by atoms with van der Waals surface area (Å²) >= 11 is 0. The second-order valence-corrected chi connectivity index (χ2v) is 8.28. The highest BCUT2D eigenvalue weighted by atomic mass is 28.4. The molecule has 0 aromatic rings. The molecule has 0 N–H and O–H groups in total. The van der Waals surface area contributed by atoms with Crippen molar-refractivity contribution < 1.29 is 14.0 Å². The molecule has 88 valence electrons. The molecule has 0 radical (unpaired) electrons. The van der Waals surface area contributed by atoms with E-state index in [1.165, 1.54) is 6.08 Å². The van der Waals surface area contributed by atoms with E-state index in [0.29, 0.717) is 0 Å². The first-order valence-corrected chi connectivity index (χ1v) is 8.35. The first kappa shape index (κ1) is 14.4. The van der Waals surface area contributed by atoms with E-state index in [1.807, 2.05) is 0 Å². The van der Waals surface area contributed by atoms with Gasteiger partial charge >= 0.3 is 5.97 Å². The van der Waals surface area contributed by atoms with Crippen LogP contribution < -0.4 is 0 Å². The van der Waals surface area contributed by atoms with Crippen molar-refractivity contribution in [2.24, 2.45) is 0 Å². The molecule has 4 heteroatoms. The molecule has 0 saturated heterocycles. The van der Waals surface area contributed by atoms with Crippen molar-refractivity contribution in [2.45, 2.75) is 45.5 Å².